The zero-order valence-electron chi connectivity index (χ0n) is 18.4. The Hall–Kier alpha value is -1.75. The summed E-state index contributed by atoms with van der Waals surface area (Å²) in [6, 6.07) is 10.7. The van der Waals surface area contributed by atoms with Gasteiger partial charge in [0.05, 0.1) is 7.11 Å². The highest BCUT2D eigenvalue weighted by Gasteiger charge is 2.38. The van der Waals surface area contributed by atoms with Gasteiger partial charge >= 0.3 is 0 Å². The van der Waals surface area contributed by atoms with Crippen LogP contribution in [0.4, 0.5) is 0 Å². The van der Waals surface area contributed by atoms with E-state index in [2.05, 4.69) is 45.8 Å². The van der Waals surface area contributed by atoms with Crippen LogP contribution in [0.15, 0.2) is 29.3 Å². The highest BCUT2D eigenvalue weighted by atomic mass is 16.5. The third kappa shape index (κ3) is 4.40. The molecule has 160 valence electrons. The molecule has 2 N–H and O–H groups in total. The maximum atomic E-state index is 5.49. The van der Waals surface area contributed by atoms with Crippen LogP contribution in [0.1, 0.15) is 63.4 Å². The van der Waals surface area contributed by atoms with Crippen LogP contribution < -0.4 is 15.4 Å². The molecular weight excluding hydrogens is 360 g/mol. The second-order valence-electron chi connectivity index (χ2n) is 9.36. The minimum absolute atomic E-state index is 0.176. The molecule has 2 atom stereocenters. The van der Waals surface area contributed by atoms with Crippen molar-refractivity contribution in [3.8, 4) is 5.75 Å². The molecule has 1 saturated carbocycles. The molecule has 0 radical (unpaired) electrons. The Balaban J connectivity index is 1.40. The van der Waals surface area contributed by atoms with Gasteiger partial charge in [0.2, 0.25) is 0 Å². The van der Waals surface area contributed by atoms with Crippen molar-refractivity contribution in [1.82, 2.24) is 15.5 Å². The van der Waals surface area contributed by atoms with Crippen LogP contribution in [0.25, 0.3) is 0 Å². The second kappa shape index (κ2) is 8.95. The molecule has 2 unspecified atom stereocenters. The minimum Gasteiger partial charge on any atom is -0.497 e. The molecule has 4 rings (SSSR count). The average molecular weight is 399 g/mol. The van der Waals surface area contributed by atoms with Gasteiger partial charge in [-0.3, -0.25) is 4.99 Å². The summed E-state index contributed by atoms with van der Waals surface area (Å²) >= 11 is 0. The fraction of sp³-hybridized carbons (Fsp3) is 0.708. The normalized spacial score (nSPS) is 29.5. The van der Waals surface area contributed by atoms with Crippen molar-refractivity contribution in [2.45, 2.75) is 81.3 Å². The van der Waals surface area contributed by atoms with Gasteiger partial charge in [0, 0.05) is 37.1 Å². The molecule has 2 bridgehead atoms. The summed E-state index contributed by atoms with van der Waals surface area (Å²) in [6.45, 7) is 0.930. The van der Waals surface area contributed by atoms with Crippen LogP contribution in [0.3, 0.4) is 0 Å². The zero-order valence-corrected chi connectivity index (χ0v) is 18.4. The van der Waals surface area contributed by atoms with Crippen molar-refractivity contribution in [3.05, 3.63) is 29.8 Å². The summed E-state index contributed by atoms with van der Waals surface area (Å²) in [5.74, 6) is 1.92. The molecule has 0 aromatic heterocycles. The van der Waals surface area contributed by atoms with Crippen molar-refractivity contribution < 1.29 is 4.74 Å². The van der Waals surface area contributed by atoms with E-state index in [0.29, 0.717) is 6.04 Å². The van der Waals surface area contributed by atoms with E-state index in [4.69, 9.17) is 4.74 Å². The highest BCUT2D eigenvalue weighted by molar-refractivity contribution is 5.80. The van der Waals surface area contributed by atoms with Crippen LogP contribution in [0.5, 0.6) is 5.75 Å². The molecule has 29 heavy (non-hydrogen) atoms. The van der Waals surface area contributed by atoms with Gasteiger partial charge in [-0.15, -0.1) is 0 Å². The number of rotatable bonds is 5. The minimum atomic E-state index is 0.176. The Morgan fingerprint density at radius 3 is 2.55 bits per heavy atom. The van der Waals surface area contributed by atoms with E-state index in [1.807, 2.05) is 13.1 Å². The third-order valence-electron chi connectivity index (χ3n) is 7.74. The summed E-state index contributed by atoms with van der Waals surface area (Å²) in [5.41, 5.74) is 1.57. The van der Waals surface area contributed by atoms with Gasteiger partial charge in [0.25, 0.3) is 0 Å². The molecule has 2 heterocycles. The number of aliphatic imine (C=N–C) groups is 1. The largest absolute Gasteiger partial charge is 0.497 e. The van der Waals surface area contributed by atoms with Gasteiger partial charge in [-0.05, 0) is 63.3 Å². The highest BCUT2D eigenvalue weighted by Crippen LogP contribution is 2.41. The average Bonchev–Trinajstić information content (AvgIpc) is 3.22. The number of benzene rings is 1. The fourth-order valence-electron chi connectivity index (χ4n) is 5.95. The first-order valence-electron chi connectivity index (χ1n) is 11.5. The lowest BCUT2D eigenvalue weighted by Crippen LogP contribution is -2.57. The standard InChI is InChI=1S/C24H38N4O/c1-25-23(27-19-15-20-9-7-10-21(16-19)28(20)2)26-17-24(12-4-5-13-24)18-8-6-11-22(14-18)29-3/h6,8,11,14,19-21H,4-5,7,9-10,12-13,15-17H2,1-3H3,(H2,25,26,27). The quantitative estimate of drug-likeness (QED) is 0.587. The van der Waals surface area contributed by atoms with E-state index in [1.165, 1.54) is 63.4 Å². The molecule has 0 spiro atoms. The molecule has 3 fully saturated rings. The predicted octanol–water partition coefficient (Wildman–Crippen LogP) is 3.69. The molecule has 2 saturated heterocycles. The number of hydrogen-bond donors (Lipinski definition) is 2. The number of nitrogens with one attached hydrogen (secondary N) is 2. The topological polar surface area (TPSA) is 48.9 Å². The van der Waals surface area contributed by atoms with Crippen molar-refractivity contribution in [3.63, 3.8) is 0 Å². The van der Waals surface area contributed by atoms with E-state index in [1.54, 1.807) is 7.11 Å². The summed E-state index contributed by atoms with van der Waals surface area (Å²) in [7, 11) is 5.97. The summed E-state index contributed by atoms with van der Waals surface area (Å²) < 4.78 is 5.49. The van der Waals surface area contributed by atoms with E-state index in [-0.39, 0.29) is 5.41 Å². The van der Waals surface area contributed by atoms with E-state index >= 15 is 0 Å². The Morgan fingerprint density at radius 2 is 1.90 bits per heavy atom. The second-order valence-corrected chi connectivity index (χ2v) is 9.36. The summed E-state index contributed by atoms with van der Waals surface area (Å²) in [4.78, 5) is 7.19. The molecular formula is C24H38N4O. The first kappa shape index (κ1) is 20.5. The van der Waals surface area contributed by atoms with Crippen LogP contribution in [0, 0.1) is 0 Å². The lowest BCUT2D eigenvalue weighted by Gasteiger charge is -2.47. The Labute approximate surface area is 176 Å². The van der Waals surface area contributed by atoms with Crippen LogP contribution in [-0.2, 0) is 5.41 Å². The van der Waals surface area contributed by atoms with Gasteiger partial charge in [0.1, 0.15) is 5.75 Å². The molecule has 5 nitrogen and oxygen atoms in total. The van der Waals surface area contributed by atoms with Crippen LogP contribution >= 0.6 is 0 Å². The maximum Gasteiger partial charge on any atom is 0.191 e. The van der Waals surface area contributed by atoms with E-state index in [9.17, 15) is 0 Å². The third-order valence-corrected chi connectivity index (χ3v) is 7.74. The van der Waals surface area contributed by atoms with Gasteiger partial charge in [-0.25, -0.2) is 0 Å². The van der Waals surface area contributed by atoms with Crippen molar-refractivity contribution in [2.24, 2.45) is 4.99 Å². The van der Waals surface area contributed by atoms with Crippen molar-refractivity contribution in [1.29, 1.82) is 0 Å². The smallest absolute Gasteiger partial charge is 0.191 e. The Kier molecular flexibility index (Phi) is 6.33. The fourth-order valence-corrected chi connectivity index (χ4v) is 5.95. The molecule has 1 aliphatic carbocycles. The van der Waals surface area contributed by atoms with Gasteiger partial charge in [-0.2, -0.15) is 0 Å². The first-order valence-corrected chi connectivity index (χ1v) is 11.5. The number of methoxy groups -OCH3 is 1. The van der Waals surface area contributed by atoms with Gasteiger partial charge in [0.15, 0.2) is 5.96 Å². The molecule has 3 aliphatic rings. The Morgan fingerprint density at radius 1 is 1.17 bits per heavy atom. The van der Waals surface area contributed by atoms with Crippen LogP contribution in [-0.4, -0.2) is 56.7 Å². The number of piperidine rings is 2. The molecule has 0 amide bonds. The number of hydrogen-bond acceptors (Lipinski definition) is 3. The van der Waals surface area contributed by atoms with Gasteiger partial charge < -0.3 is 20.3 Å². The number of nitrogens with zero attached hydrogens (tertiary/aromatic N) is 2. The summed E-state index contributed by atoms with van der Waals surface area (Å²) in [6.07, 6.45) is 11.6. The lowest BCUT2D eigenvalue weighted by molar-refractivity contribution is 0.0526. The van der Waals surface area contributed by atoms with Crippen molar-refractivity contribution >= 4 is 5.96 Å². The summed E-state index contributed by atoms with van der Waals surface area (Å²) in [5, 5.41) is 7.45. The SMILES string of the molecule is CN=C(NCC1(c2cccc(OC)c2)CCCC1)NC1CC2CCCC(C1)N2C. The van der Waals surface area contributed by atoms with Gasteiger partial charge in [-0.1, -0.05) is 31.4 Å². The number of fused-ring (bicyclic) bond motifs is 2. The Bertz CT molecular complexity index is 699. The van der Waals surface area contributed by atoms with E-state index in [0.717, 1.165) is 30.3 Å². The zero-order chi connectivity index (χ0) is 20.3. The van der Waals surface area contributed by atoms with Crippen molar-refractivity contribution in [2.75, 3.05) is 27.7 Å². The molecule has 5 heteroatoms. The van der Waals surface area contributed by atoms with E-state index < -0.39 is 0 Å². The number of ether oxygens (including phenoxy) is 1. The predicted molar refractivity (Wildman–Crippen MR) is 120 cm³/mol. The maximum absolute atomic E-state index is 5.49. The first-order chi connectivity index (χ1) is 14.1. The molecule has 1 aromatic rings. The molecule has 1 aromatic carbocycles. The number of guanidine groups is 1. The lowest BCUT2D eigenvalue weighted by atomic mass is 9.78. The molecule has 2 aliphatic heterocycles. The van der Waals surface area contributed by atoms with Crippen LogP contribution in [0.2, 0.25) is 0 Å². The monoisotopic (exact) mass is 398 g/mol.